The predicted octanol–water partition coefficient (Wildman–Crippen LogP) is 2.67. The minimum absolute atomic E-state index is 0.188. The van der Waals surface area contributed by atoms with Crippen LogP contribution in [0.2, 0.25) is 0 Å². The van der Waals surface area contributed by atoms with Gasteiger partial charge in [-0.25, -0.2) is 0 Å². The number of hydrogen-bond acceptors (Lipinski definition) is 3. The van der Waals surface area contributed by atoms with Crippen LogP contribution in [-0.4, -0.2) is 29.7 Å². The van der Waals surface area contributed by atoms with Gasteiger partial charge in [0.05, 0.1) is 6.04 Å². The average Bonchev–Trinajstić information content (AvgIpc) is 3.07. The van der Waals surface area contributed by atoms with Crippen LogP contribution in [0.15, 0.2) is 30.3 Å². The van der Waals surface area contributed by atoms with Gasteiger partial charge in [-0.15, -0.1) is 0 Å². The largest absolute Gasteiger partial charge is 0.339 e. The molecule has 0 amide bonds. The van der Waals surface area contributed by atoms with Gasteiger partial charge >= 0.3 is 10.3 Å². The van der Waals surface area contributed by atoms with Crippen molar-refractivity contribution in [3.8, 4) is 0 Å². The summed E-state index contributed by atoms with van der Waals surface area (Å²) >= 11 is 16.3. The molecular weight excluding hydrogens is 321 g/mol. The van der Waals surface area contributed by atoms with Crippen molar-refractivity contribution < 1.29 is 12.6 Å². The number of rotatable bonds is 4. The minimum atomic E-state index is -3.84. The molecule has 0 radical (unpaired) electrons. The van der Waals surface area contributed by atoms with E-state index in [1.807, 2.05) is 30.3 Å². The summed E-state index contributed by atoms with van der Waals surface area (Å²) in [6, 6.07) is 9.09. The summed E-state index contributed by atoms with van der Waals surface area (Å²) in [5.41, 5.74) is 0.915. The maximum absolute atomic E-state index is 11.8. The molecule has 100 valence electrons. The summed E-state index contributed by atoms with van der Waals surface area (Å²) in [4.78, 5) is 0. The zero-order valence-electron chi connectivity index (χ0n) is 9.09. The molecule has 8 heteroatoms. The molecule has 2 atom stereocenters. The average molecular weight is 331 g/mol. The fraction of sp³-hybridized carbons (Fsp3) is 0.400. The van der Waals surface area contributed by atoms with Crippen molar-refractivity contribution in [2.24, 2.45) is 0 Å². The first-order chi connectivity index (χ1) is 8.30. The van der Waals surface area contributed by atoms with Gasteiger partial charge in [-0.05, 0) is 5.56 Å². The molecular formula is C10H10Cl3NO3S. The highest BCUT2D eigenvalue weighted by molar-refractivity contribution is 7.84. The molecule has 1 fully saturated rings. The zero-order valence-corrected chi connectivity index (χ0v) is 12.2. The zero-order chi connectivity index (χ0) is 13.4. The van der Waals surface area contributed by atoms with Crippen LogP contribution < -0.4 is 0 Å². The van der Waals surface area contributed by atoms with Crippen molar-refractivity contribution in [3.63, 3.8) is 0 Å². The van der Waals surface area contributed by atoms with Crippen molar-refractivity contribution >= 4 is 45.1 Å². The lowest BCUT2D eigenvalue weighted by molar-refractivity contribution is 0.305. The summed E-state index contributed by atoms with van der Waals surface area (Å²) in [5.74, 6) is 0. The van der Waals surface area contributed by atoms with Gasteiger partial charge in [0.25, 0.3) is 0 Å². The van der Waals surface area contributed by atoms with E-state index in [0.717, 1.165) is 5.56 Å². The van der Waals surface area contributed by atoms with Gasteiger partial charge in [-0.2, -0.15) is 12.7 Å². The van der Waals surface area contributed by atoms with Crippen LogP contribution >= 0.6 is 34.8 Å². The van der Waals surface area contributed by atoms with E-state index in [9.17, 15) is 8.42 Å². The van der Waals surface area contributed by atoms with E-state index in [1.165, 1.54) is 4.31 Å². The van der Waals surface area contributed by atoms with Gasteiger partial charge in [0.1, 0.15) is 6.61 Å². The highest BCUT2D eigenvalue weighted by Crippen LogP contribution is 2.38. The number of halogens is 3. The number of hydrogen-bond donors (Lipinski definition) is 0. The second kappa shape index (κ2) is 5.15. The summed E-state index contributed by atoms with van der Waals surface area (Å²) in [6.07, 6.45) is 0. The van der Waals surface area contributed by atoms with Crippen LogP contribution in [0.5, 0.6) is 0 Å². The van der Waals surface area contributed by atoms with E-state index >= 15 is 0 Å². The lowest BCUT2D eigenvalue weighted by Gasteiger charge is -2.11. The van der Waals surface area contributed by atoms with E-state index in [1.54, 1.807) is 0 Å². The van der Waals surface area contributed by atoms with Crippen LogP contribution in [0.4, 0.5) is 0 Å². The predicted molar refractivity (Wildman–Crippen MR) is 71.1 cm³/mol. The Hall–Kier alpha value is -0.0400. The fourth-order valence-electron chi connectivity index (χ4n) is 1.53. The van der Waals surface area contributed by atoms with Crippen LogP contribution in [0.25, 0.3) is 0 Å². The molecule has 0 spiro atoms. The summed E-state index contributed by atoms with van der Waals surface area (Å²) in [6.45, 7) is -0.121. The normalized spacial score (nSPS) is 23.9. The molecule has 18 heavy (non-hydrogen) atoms. The number of alkyl halides is 3. The Morgan fingerprint density at radius 3 is 2.44 bits per heavy atom. The van der Waals surface area contributed by atoms with E-state index in [0.29, 0.717) is 6.54 Å². The Morgan fingerprint density at radius 1 is 1.28 bits per heavy atom. The smallest absolute Gasteiger partial charge is 0.253 e. The lowest BCUT2D eigenvalue weighted by Crippen LogP contribution is -2.22. The van der Waals surface area contributed by atoms with E-state index in [2.05, 4.69) is 4.18 Å². The third-order valence-corrected chi connectivity index (χ3v) is 4.13. The molecule has 0 aromatic heterocycles. The summed E-state index contributed by atoms with van der Waals surface area (Å²) in [7, 11) is -3.84. The van der Waals surface area contributed by atoms with Crippen LogP contribution in [-0.2, 0) is 14.5 Å². The Labute approximate surface area is 121 Å². The molecule has 4 nitrogen and oxygen atoms in total. The first-order valence-corrected chi connectivity index (χ1v) is 7.57. The van der Waals surface area contributed by atoms with Crippen LogP contribution in [0.3, 0.4) is 0 Å². The monoisotopic (exact) mass is 329 g/mol. The molecule has 1 heterocycles. The second-order valence-corrected chi connectivity index (χ2v) is 7.91. The van der Waals surface area contributed by atoms with Gasteiger partial charge in [0.2, 0.25) is 3.79 Å². The molecule has 0 saturated carbocycles. The van der Waals surface area contributed by atoms with E-state index < -0.39 is 20.7 Å². The highest BCUT2D eigenvalue weighted by Gasteiger charge is 2.46. The quantitative estimate of drug-likeness (QED) is 0.630. The summed E-state index contributed by atoms with van der Waals surface area (Å²) < 4.78 is 27.6. The topological polar surface area (TPSA) is 46.4 Å². The standard InChI is InChI=1S/C10H10Cl3NO3S/c11-10(12,13)7-17-18(15,16)14-6-9(14)8-4-2-1-3-5-8/h1-5,9H,6-7H2/t9-,14?/m0/s1. The molecule has 1 saturated heterocycles. The number of benzene rings is 1. The Balaban J connectivity index is 1.98. The maximum atomic E-state index is 11.8. The summed E-state index contributed by atoms with van der Waals surface area (Å²) in [5, 5.41) is 0. The maximum Gasteiger partial charge on any atom is 0.339 e. The van der Waals surface area contributed by atoms with Crippen molar-refractivity contribution in [3.05, 3.63) is 35.9 Å². The molecule has 2 rings (SSSR count). The lowest BCUT2D eigenvalue weighted by atomic mass is 10.2. The van der Waals surface area contributed by atoms with Gasteiger partial charge in [0, 0.05) is 6.54 Å². The van der Waals surface area contributed by atoms with Crippen LogP contribution in [0, 0.1) is 0 Å². The SMILES string of the molecule is O=S(=O)(OCC(Cl)(Cl)Cl)N1C[C@H]1c1ccccc1. The Kier molecular flexibility index (Phi) is 4.11. The first kappa shape index (κ1) is 14.4. The molecule has 0 bridgehead atoms. The van der Waals surface area contributed by atoms with Gasteiger partial charge < -0.3 is 0 Å². The minimum Gasteiger partial charge on any atom is -0.253 e. The Morgan fingerprint density at radius 2 is 1.89 bits per heavy atom. The molecule has 0 N–H and O–H groups in total. The van der Waals surface area contributed by atoms with Crippen LogP contribution in [0.1, 0.15) is 11.6 Å². The molecule has 1 unspecified atom stereocenters. The molecule has 0 aliphatic carbocycles. The van der Waals surface area contributed by atoms with E-state index in [-0.39, 0.29) is 6.04 Å². The van der Waals surface area contributed by atoms with Crippen molar-refractivity contribution in [1.29, 1.82) is 0 Å². The molecule has 1 aliphatic rings. The van der Waals surface area contributed by atoms with E-state index in [4.69, 9.17) is 34.8 Å². The molecule has 1 aromatic carbocycles. The Bertz CT molecular complexity index is 515. The van der Waals surface area contributed by atoms with Crippen molar-refractivity contribution in [2.45, 2.75) is 9.83 Å². The van der Waals surface area contributed by atoms with Gasteiger partial charge in [0.15, 0.2) is 0 Å². The van der Waals surface area contributed by atoms with Crippen molar-refractivity contribution in [2.75, 3.05) is 13.2 Å². The second-order valence-electron chi connectivity index (χ2n) is 3.83. The van der Waals surface area contributed by atoms with Gasteiger partial charge in [-0.1, -0.05) is 65.1 Å². The fourth-order valence-corrected chi connectivity index (χ4v) is 3.10. The van der Waals surface area contributed by atoms with Gasteiger partial charge in [-0.3, -0.25) is 4.18 Å². The third-order valence-electron chi connectivity index (χ3n) is 2.41. The third kappa shape index (κ3) is 3.73. The number of nitrogens with zero attached hydrogens (tertiary/aromatic N) is 1. The molecule has 1 aliphatic heterocycles. The van der Waals surface area contributed by atoms with Crippen molar-refractivity contribution in [1.82, 2.24) is 4.31 Å². The molecule has 1 aromatic rings. The first-order valence-electron chi connectivity index (χ1n) is 5.07. The highest BCUT2D eigenvalue weighted by atomic mass is 35.6.